The molecule has 2 atom stereocenters. The molecule has 1 aliphatic heterocycles. The minimum absolute atomic E-state index is 0.324. The van der Waals surface area contributed by atoms with Crippen molar-refractivity contribution in [3.8, 4) is 12.3 Å². The summed E-state index contributed by atoms with van der Waals surface area (Å²) in [4.78, 5) is 2.30. The summed E-state index contributed by atoms with van der Waals surface area (Å²) in [5.74, 6) is 2.64. The van der Waals surface area contributed by atoms with Crippen molar-refractivity contribution in [3.05, 3.63) is 0 Å². The maximum atomic E-state index is 9.92. The molecule has 0 saturated carbocycles. The lowest BCUT2D eigenvalue weighted by Gasteiger charge is -2.30. The fourth-order valence-electron chi connectivity index (χ4n) is 2.02. The topological polar surface area (TPSA) is 32.7 Å². The van der Waals surface area contributed by atoms with Crippen LogP contribution in [0.15, 0.2) is 0 Å². The number of hydrogen-bond acceptors (Lipinski definition) is 3. The van der Waals surface area contributed by atoms with E-state index in [9.17, 15) is 5.11 Å². The van der Waals surface area contributed by atoms with E-state index < -0.39 is 11.7 Å². The molecule has 0 amide bonds. The fraction of sp³-hybridized carbons (Fsp3) is 0.857. The van der Waals surface area contributed by atoms with E-state index in [1.807, 2.05) is 13.8 Å². The molecule has 0 aromatic heterocycles. The summed E-state index contributed by atoms with van der Waals surface area (Å²) in [6, 6.07) is 0. The molecule has 1 saturated heterocycles. The maximum Gasteiger partial charge on any atom is 0.125 e. The highest BCUT2D eigenvalue weighted by Crippen LogP contribution is 2.14. The van der Waals surface area contributed by atoms with Gasteiger partial charge in [0.05, 0.1) is 12.7 Å². The number of aliphatic hydroxyl groups excluding tert-OH is 1. The summed E-state index contributed by atoms with van der Waals surface area (Å²) in [5.41, 5.74) is -0.539. The van der Waals surface area contributed by atoms with E-state index in [-0.39, 0.29) is 0 Å². The van der Waals surface area contributed by atoms with Gasteiger partial charge in [0.2, 0.25) is 0 Å². The number of β-amino-alcohol motifs (C(OH)–C–C–N with tert-alkyl or cyclic N) is 1. The van der Waals surface area contributed by atoms with E-state index in [0.29, 0.717) is 13.2 Å². The van der Waals surface area contributed by atoms with Gasteiger partial charge in [-0.05, 0) is 39.3 Å². The Bertz CT molecular complexity index is 255. The number of aliphatic hydroxyl groups is 1. The smallest absolute Gasteiger partial charge is 0.125 e. The highest BCUT2D eigenvalue weighted by Gasteiger charge is 2.22. The second-order valence-electron chi connectivity index (χ2n) is 5.05. The number of hydrogen-bond donors (Lipinski definition) is 1. The van der Waals surface area contributed by atoms with E-state index in [0.717, 1.165) is 19.5 Å². The van der Waals surface area contributed by atoms with Gasteiger partial charge in [0.15, 0.2) is 0 Å². The number of rotatable bonds is 6. The summed E-state index contributed by atoms with van der Waals surface area (Å²) < 4.78 is 5.62. The summed E-state index contributed by atoms with van der Waals surface area (Å²) >= 11 is 0. The summed E-state index contributed by atoms with van der Waals surface area (Å²) in [6.07, 6.45) is 9.54. The first-order valence-corrected chi connectivity index (χ1v) is 6.62. The van der Waals surface area contributed by atoms with Gasteiger partial charge in [0.25, 0.3) is 0 Å². The number of nitrogens with zero attached hydrogens (tertiary/aromatic N) is 1. The Morgan fingerprint density at radius 1 is 1.41 bits per heavy atom. The van der Waals surface area contributed by atoms with Crippen LogP contribution in [0.4, 0.5) is 0 Å². The molecule has 0 spiro atoms. The van der Waals surface area contributed by atoms with Crippen LogP contribution >= 0.6 is 0 Å². The summed E-state index contributed by atoms with van der Waals surface area (Å²) in [6.45, 7) is 7.10. The predicted octanol–water partition coefficient (Wildman–Crippen LogP) is 1.65. The summed E-state index contributed by atoms with van der Waals surface area (Å²) in [5, 5.41) is 9.92. The number of terminal acetylenes is 1. The molecule has 17 heavy (non-hydrogen) atoms. The second-order valence-corrected chi connectivity index (χ2v) is 5.05. The molecule has 0 aliphatic carbocycles. The first-order valence-electron chi connectivity index (χ1n) is 6.62. The zero-order valence-electron chi connectivity index (χ0n) is 11.1. The molecular weight excluding hydrogens is 214 g/mol. The molecular formula is C14H25NO2. The Morgan fingerprint density at radius 2 is 2.06 bits per heavy atom. The van der Waals surface area contributed by atoms with E-state index in [4.69, 9.17) is 11.2 Å². The van der Waals surface area contributed by atoms with E-state index in [1.165, 1.54) is 19.3 Å². The highest BCUT2D eigenvalue weighted by molar-refractivity contribution is 5.05. The average Bonchev–Trinajstić information content (AvgIpc) is 2.37. The van der Waals surface area contributed by atoms with Crippen molar-refractivity contribution in [2.24, 2.45) is 0 Å². The predicted molar refractivity (Wildman–Crippen MR) is 69.8 cm³/mol. The van der Waals surface area contributed by atoms with Crippen LogP contribution < -0.4 is 0 Å². The lowest BCUT2D eigenvalue weighted by Crippen LogP contribution is -2.40. The minimum atomic E-state index is -0.539. The summed E-state index contributed by atoms with van der Waals surface area (Å²) in [7, 11) is 0. The van der Waals surface area contributed by atoms with Gasteiger partial charge in [-0.1, -0.05) is 19.3 Å². The Hall–Kier alpha value is -0.560. The number of likely N-dealkylation sites (tertiary alicyclic amines) is 1. The molecule has 1 fully saturated rings. The fourth-order valence-corrected chi connectivity index (χ4v) is 2.02. The molecule has 1 aliphatic rings. The van der Waals surface area contributed by atoms with Crippen LogP contribution in [0.25, 0.3) is 0 Å². The van der Waals surface area contributed by atoms with Crippen molar-refractivity contribution >= 4 is 0 Å². The van der Waals surface area contributed by atoms with E-state index in [1.54, 1.807) is 0 Å². The number of ether oxygens (including phenoxy) is 1. The maximum absolute atomic E-state index is 9.92. The van der Waals surface area contributed by atoms with Crippen molar-refractivity contribution in [2.45, 2.75) is 51.2 Å². The Labute approximate surface area is 105 Å². The van der Waals surface area contributed by atoms with Gasteiger partial charge in [-0.3, -0.25) is 0 Å². The van der Waals surface area contributed by atoms with Crippen LogP contribution in [0.1, 0.15) is 39.5 Å². The molecule has 0 aromatic rings. The number of piperidine rings is 1. The third-order valence-electron chi connectivity index (χ3n) is 3.49. The van der Waals surface area contributed by atoms with E-state index >= 15 is 0 Å². The van der Waals surface area contributed by atoms with Crippen LogP contribution in [0.5, 0.6) is 0 Å². The van der Waals surface area contributed by atoms with Crippen LogP contribution in [-0.2, 0) is 4.74 Å². The Morgan fingerprint density at radius 3 is 2.59 bits per heavy atom. The third-order valence-corrected chi connectivity index (χ3v) is 3.49. The average molecular weight is 239 g/mol. The molecule has 98 valence electrons. The molecule has 1 N–H and O–H groups in total. The standard InChI is InChI=1S/C14H25NO2/c1-4-14(3,5-2)17-12-13(16)11-15-9-7-6-8-10-15/h1,13,16H,5-12H2,2-3H3. The van der Waals surface area contributed by atoms with Gasteiger partial charge in [-0.25, -0.2) is 0 Å². The lowest BCUT2D eigenvalue weighted by molar-refractivity contribution is -0.0481. The minimum Gasteiger partial charge on any atom is -0.389 e. The molecule has 2 unspecified atom stereocenters. The third kappa shape index (κ3) is 5.08. The monoisotopic (exact) mass is 239 g/mol. The van der Waals surface area contributed by atoms with Gasteiger partial charge >= 0.3 is 0 Å². The van der Waals surface area contributed by atoms with Gasteiger partial charge in [-0.2, -0.15) is 0 Å². The van der Waals surface area contributed by atoms with Crippen molar-refractivity contribution < 1.29 is 9.84 Å². The van der Waals surface area contributed by atoms with Gasteiger partial charge in [-0.15, -0.1) is 6.42 Å². The molecule has 0 radical (unpaired) electrons. The van der Waals surface area contributed by atoms with Crippen molar-refractivity contribution in [1.82, 2.24) is 4.90 Å². The zero-order valence-corrected chi connectivity index (χ0v) is 11.1. The highest BCUT2D eigenvalue weighted by atomic mass is 16.5. The van der Waals surface area contributed by atoms with Crippen LogP contribution in [0, 0.1) is 12.3 Å². The molecule has 3 heteroatoms. The van der Waals surface area contributed by atoms with Gasteiger partial charge < -0.3 is 14.7 Å². The second kappa shape index (κ2) is 7.00. The lowest BCUT2D eigenvalue weighted by atomic mass is 10.1. The normalized spacial score (nSPS) is 22.7. The largest absolute Gasteiger partial charge is 0.389 e. The molecule has 0 aromatic carbocycles. The van der Waals surface area contributed by atoms with Crippen molar-refractivity contribution in [3.63, 3.8) is 0 Å². The van der Waals surface area contributed by atoms with Gasteiger partial charge in [0, 0.05) is 6.54 Å². The van der Waals surface area contributed by atoms with Crippen LogP contribution in [-0.4, -0.2) is 48.0 Å². The quantitative estimate of drug-likeness (QED) is 0.715. The molecule has 1 heterocycles. The molecule has 0 bridgehead atoms. The molecule has 1 rings (SSSR count). The Balaban J connectivity index is 2.24. The first kappa shape index (κ1) is 14.5. The SMILES string of the molecule is C#CC(C)(CC)OCC(O)CN1CCCCC1. The van der Waals surface area contributed by atoms with Gasteiger partial charge in [0.1, 0.15) is 5.60 Å². The first-order chi connectivity index (χ1) is 8.09. The van der Waals surface area contributed by atoms with Crippen LogP contribution in [0.2, 0.25) is 0 Å². The van der Waals surface area contributed by atoms with Crippen molar-refractivity contribution in [2.75, 3.05) is 26.2 Å². The zero-order chi connectivity index (χ0) is 12.7. The molecule has 3 nitrogen and oxygen atoms in total. The Kier molecular flexibility index (Phi) is 5.97. The van der Waals surface area contributed by atoms with Crippen molar-refractivity contribution in [1.29, 1.82) is 0 Å². The van der Waals surface area contributed by atoms with Crippen LogP contribution in [0.3, 0.4) is 0 Å². The van der Waals surface area contributed by atoms with E-state index in [2.05, 4.69) is 10.8 Å².